The lowest BCUT2D eigenvalue weighted by Crippen LogP contribution is -2.45. The Balaban J connectivity index is 1.59. The van der Waals surface area contributed by atoms with Crippen molar-refractivity contribution in [1.29, 1.82) is 0 Å². The van der Waals surface area contributed by atoms with Gasteiger partial charge in [-0.25, -0.2) is 4.98 Å². The zero-order chi connectivity index (χ0) is 17.1. The molecule has 3 rings (SSSR count). The van der Waals surface area contributed by atoms with Crippen molar-refractivity contribution in [2.45, 2.75) is 32.9 Å². The molecule has 2 amide bonds. The molecular weight excluding hydrogens is 326 g/mol. The molecule has 6 nitrogen and oxygen atoms in total. The number of carbonyl (C=O) groups is 2. The molecule has 1 aliphatic heterocycles. The van der Waals surface area contributed by atoms with E-state index in [2.05, 4.69) is 10.3 Å². The highest BCUT2D eigenvalue weighted by Gasteiger charge is 2.31. The van der Waals surface area contributed by atoms with Gasteiger partial charge in [-0.15, -0.1) is 11.3 Å². The number of anilines is 1. The van der Waals surface area contributed by atoms with Gasteiger partial charge < -0.3 is 15.0 Å². The molecule has 7 heteroatoms. The maximum atomic E-state index is 12.3. The third kappa shape index (κ3) is 3.56. The monoisotopic (exact) mass is 345 g/mol. The smallest absolute Gasteiger partial charge is 0.267 e. The van der Waals surface area contributed by atoms with Crippen LogP contribution >= 0.6 is 11.3 Å². The number of rotatable bonds is 5. The summed E-state index contributed by atoms with van der Waals surface area (Å²) in [5.74, 6) is 0.438. The van der Waals surface area contributed by atoms with Crippen molar-refractivity contribution in [2.75, 3.05) is 11.4 Å². The number of amides is 2. The minimum Gasteiger partial charge on any atom is -0.479 e. The molecule has 1 aliphatic rings. The van der Waals surface area contributed by atoms with Crippen molar-refractivity contribution in [3.8, 4) is 5.75 Å². The van der Waals surface area contributed by atoms with E-state index in [1.807, 2.05) is 36.6 Å². The van der Waals surface area contributed by atoms with Crippen LogP contribution in [0.15, 0.2) is 29.6 Å². The summed E-state index contributed by atoms with van der Waals surface area (Å²) in [4.78, 5) is 30.3. The minimum atomic E-state index is -0.541. The van der Waals surface area contributed by atoms with E-state index < -0.39 is 6.10 Å². The number of para-hydroxylation sites is 2. The van der Waals surface area contributed by atoms with Crippen molar-refractivity contribution in [3.05, 3.63) is 40.3 Å². The van der Waals surface area contributed by atoms with Crippen LogP contribution < -0.4 is 15.0 Å². The Hall–Kier alpha value is -2.41. The van der Waals surface area contributed by atoms with Crippen molar-refractivity contribution < 1.29 is 14.3 Å². The number of aromatic nitrogens is 1. The first kappa shape index (κ1) is 16.4. The van der Waals surface area contributed by atoms with E-state index in [0.29, 0.717) is 24.5 Å². The first-order chi connectivity index (χ1) is 11.5. The average Bonchev–Trinajstić information content (AvgIpc) is 2.99. The first-order valence-electron chi connectivity index (χ1n) is 7.79. The van der Waals surface area contributed by atoms with Crippen LogP contribution in [-0.2, 0) is 16.1 Å². The van der Waals surface area contributed by atoms with Gasteiger partial charge >= 0.3 is 0 Å². The quantitative estimate of drug-likeness (QED) is 0.902. The van der Waals surface area contributed by atoms with Gasteiger partial charge in [-0.05, 0) is 26.0 Å². The molecule has 0 saturated carbocycles. The van der Waals surface area contributed by atoms with E-state index in [0.717, 1.165) is 10.7 Å². The Kier molecular flexibility index (Phi) is 4.80. The lowest BCUT2D eigenvalue weighted by Gasteiger charge is -2.32. The summed E-state index contributed by atoms with van der Waals surface area (Å²) in [6.07, 6.45) is -0.307. The first-order valence-corrected chi connectivity index (χ1v) is 8.67. The second-order valence-electron chi connectivity index (χ2n) is 5.63. The molecule has 0 fully saturated rings. The summed E-state index contributed by atoms with van der Waals surface area (Å²) in [6, 6.07) is 7.37. The van der Waals surface area contributed by atoms with Gasteiger partial charge in [-0.1, -0.05) is 12.1 Å². The van der Waals surface area contributed by atoms with Gasteiger partial charge in [-0.3, -0.25) is 9.59 Å². The van der Waals surface area contributed by atoms with E-state index in [-0.39, 0.29) is 18.2 Å². The third-order valence-electron chi connectivity index (χ3n) is 3.74. The Morgan fingerprint density at radius 2 is 2.21 bits per heavy atom. The molecule has 1 aromatic carbocycles. The van der Waals surface area contributed by atoms with Crippen LogP contribution in [0.3, 0.4) is 0 Å². The van der Waals surface area contributed by atoms with Crippen molar-refractivity contribution >= 4 is 28.8 Å². The molecular formula is C17H19N3O3S. The van der Waals surface area contributed by atoms with Crippen molar-refractivity contribution in [3.63, 3.8) is 0 Å². The number of hydrogen-bond donors (Lipinski definition) is 1. The Labute approximate surface area is 144 Å². The maximum absolute atomic E-state index is 12.3. The highest BCUT2D eigenvalue weighted by Crippen LogP contribution is 2.33. The number of aryl methyl sites for hydroxylation is 1. The number of nitrogens with one attached hydrogen (secondary N) is 1. The second-order valence-corrected chi connectivity index (χ2v) is 6.57. The number of benzene rings is 1. The standard InChI is InChI=1S/C17H19N3O3S/c1-11-10-24-16(19-11)9-18-15(21)7-8-20-13-5-3-4-6-14(13)23-12(2)17(20)22/h3-6,10,12H,7-9H2,1-2H3,(H,18,21)/t12-/m1/s1. The molecule has 0 saturated heterocycles. The summed E-state index contributed by atoms with van der Waals surface area (Å²) < 4.78 is 5.59. The van der Waals surface area contributed by atoms with Gasteiger partial charge in [0, 0.05) is 24.0 Å². The molecule has 0 bridgehead atoms. The van der Waals surface area contributed by atoms with Crippen LogP contribution in [0.1, 0.15) is 24.0 Å². The van der Waals surface area contributed by atoms with Gasteiger partial charge in [0.05, 0.1) is 12.2 Å². The number of thiazole rings is 1. The molecule has 0 radical (unpaired) electrons. The van der Waals surface area contributed by atoms with Crippen LogP contribution in [0.25, 0.3) is 0 Å². The van der Waals surface area contributed by atoms with E-state index in [1.54, 1.807) is 11.8 Å². The van der Waals surface area contributed by atoms with Crippen LogP contribution in [0.4, 0.5) is 5.69 Å². The van der Waals surface area contributed by atoms with Crippen LogP contribution in [0.2, 0.25) is 0 Å². The van der Waals surface area contributed by atoms with Crippen molar-refractivity contribution in [2.24, 2.45) is 0 Å². The van der Waals surface area contributed by atoms with Gasteiger partial charge in [0.15, 0.2) is 6.10 Å². The van der Waals surface area contributed by atoms with Gasteiger partial charge in [0.2, 0.25) is 5.91 Å². The average molecular weight is 345 g/mol. The maximum Gasteiger partial charge on any atom is 0.267 e. The van der Waals surface area contributed by atoms with Gasteiger partial charge in [0.25, 0.3) is 5.91 Å². The molecule has 2 aromatic rings. The highest BCUT2D eigenvalue weighted by molar-refractivity contribution is 7.09. The zero-order valence-electron chi connectivity index (χ0n) is 13.6. The minimum absolute atomic E-state index is 0.104. The van der Waals surface area contributed by atoms with E-state index in [4.69, 9.17) is 4.74 Å². The molecule has 2 heterocycles. The second kappa shape index (κ2) is 7.00. The SMILES string of the molecule is Cc1csc(CNC(=O)CCN2C(=O)[C@@H](C)Oc3ccccc32)n1. The fourth-order valence-corrected chi connectivity index (χ4v) is 3.26. The lowest BCUT2D eigenvalue weighted by atomic mass is 10.1. The predicted molar refractivity (Wildman–Crippen MR) is 92.2 cm³/mol. The largest absolute Gasteiger partial charge is 0.479 e. The van der Waals surface area contributed by atoms with Gasteiger partial charge in [-0.2, -0.15) is 0 Å². The molecule has 24 heavy (non-hydrogen) atoms. The van der Waals surface area contributed by atoms with Crippen LogP contribution in [-0.4, -0.2) is 29.4 Å². The summed E-state index contributed by atoms with van der Waals surface area (Å²) in [7, 11) is 0. The summed E-state index contributed by atoms with van der Waals surface area (Å²) >= 11 is 1.52. The Morgan fingerprint density at radius 1 is 1.42 bits per heavy atom. The number of nitrogens with zero attached hydrogens (tertiary/aromatic N) is 2. The van der Waals surface area contributed by atoms with E-state index >= 15 is 0 Å². The molecule has 0 unspecified atom stereocenters. The molecule has 1 atom stereocenters. The third-order valence-corrected chi connectivity index (χ3v) is 4.71. The summed E-state index contributed by atoms with van der Waals surface area (Å²) in [5, 5.41) is 5.67. The van der Waals surface area contributed by atoms with E-state index in [1.165, 1.54) is 11.3 Å². The van der Waals surface area contributed by atoms with Gasteiger partial charge in [0.1, 0.15) is 10.8 Å². The lowest BCUT2D eigenvalue weighted by molar-refractivity contribution is -0.125. The van der Waals surface area contributed by atoms with E-state index in [9.17, 15) is 9.59 Å². The molecule has 126 valence electrons. The summed E-state index contributed by atoms with van der Waals surface area (Å²) in [6.45, 7) is 4.38. The highest BCUT2D eigenvalue weighted by atomic mass is 32.1. The normalized spacial score (nSPS) is 16.5. The molecule has 0 aliphatic carbocycles. The zero-order valence-corrected chi connectivity index (χ0v) is 14.4. The fourth-order valence-electron chi connectivity index (χ4n) is 2.55. The van der Waals surface area contributed by atoms with Crippen LogP contribution in [0, 0.1) is 6.92 Å². The van der Waals surface area contributed by atoms with Crippen molar-refractivity contribution in [1.82, 2.24) is 10.3 Å². The Morgan fingerprint density at radius 3 is 2.96 bits per heavy atom. The number of ether oxygens (including phenoxy) is 1. The number of carbonyl (C=O) groups excluding carboxylic acids is 2. The summed E-state index contributed by atoms with van der Waals surface area (Å²) in [5.41, 5.74) is 1.66. The topological polar surface area (TPSA) is 71.5 Å². The number of fused-ring (bicyclic) bond motifs is 1. The molecule has 1 N–H and O–H groups in total. The molecule has 1 aromatic heterocycles. The fraction of sp³-hybridized carbons (Fsp3) is 0.353. The Bertz CT molecular complexity index is 759. The van der Waals surface area contributed by atoms with Crippen LogP contribution in [0.5, 0.6) is 5.75 Å². The number of hydrogen-bond acceptors (Lipinski definition) is 5. The molecule has 0 spiro atoms. The predicted octanol–water partition coefficient (Wildman–Crippen LogP) is 2.27.